The van der Waals surface area contributed by atoms with E-state index in [9.17, 15) is 4.79 Å². The van der Waals surface area contributed by atoms with Gasteiger partial charge in [-0.05, 0) is 12.1 Å². The number of carboxylic acid groups (broad SMARTS) is 1. The molecule has 0 fully saturated rings. The fourth-order valence-corrected chi connectivity index (χ4v) is 1.99. The van der Waals surface area contributed by atoms with Gasteiger partial charge < -0.3 is 19.3 Å². The van der Waals surface area contributed by atoms with Gasteiger partial charge in [-0.2, -0.15) is 0 Å². The number of aryl methyl sites for hydroxylation is 1. The van der Waals surface area contributed by atoms with Crippen molar-refractivity contribution in [3.63, 3.8) is 0 Å². The first-order chi connectivity index (χ1) is 10.0. The molecule has 0 saturated carbocycles. The fraction of sp³-hybridized carbons (Fsp3) is 0.308. The monoisotopic (exact) mass is 293 g/mol. The Hall–Kier alpha value is -2.77. The fourth-order valence-electron chi connectivity index (χ4n) is 1.99. The van der Waals surface area contributed by atoms with E-state index in [2.05, 4.69) is 10.1 Å². The SMILES string of the molecule is COc1ccc(-c2nc(C(=O)O)nn2C)c(OC)c1OC. The van der Waals surface area contributed by atoms with Crippen LogP contribution in [0.3, 0.4) is 0 Å². The maximum atomic E-state index is 11.0. The highest BCUT2D eigenvalue weighted by atomic mass is 16.5. The predicted molar refractivity (Wildman–Crippen MR) is 73.1 cm³/mol. The standard InChI is InChI=1S/C13H15N3O5/c1-16-12(14-11(15-16)13(17)18)7-5-6-8(19-2)10(21-4)9(7)20-3/h5-6H,1-4H3,(H,17,18). The van der Waals surface area contributed by atoms with E-state index in [1.165, 1.54) is 26.0 Å². The third-order valence-corrected chi connectivity index (χ3v) is 2.90. The summed E-state index contributed by atoms with van der Waals surface area (Å²) >= 11 is 0. The summed E-state index contributed by atoms with van der Waals surface area (Å²) < 4.78 is 17.2. The van der Waals surface area contributed by atoms with E-state index < -0.39 is 5.97 Å². The molecule has 0 aliphatic rings. The summed E-state index contributed by atoms with van der Waals surface area (Å²) in [6.45, 7) is 0. The predicted octanol–water partition coefficient (Wildman–Crippen LogP) is 1.21. The normalized spacial score (nSPS) is 10.3. The van der Waals surface area contributed by atoms with Crippen LogP contribution in [0.5, 0.6) is 17.2 Å². The molecule has 21 heavy (non-hydrogen) atoms. The van der Waals surface area contributed by atoms with Gasteiger partial charge in [0.25, 0.3) is 5.82 Å². The molecule has 0 saturated heterocycles. The molecule has 0 bridgehead atoms. The van der Waals surface area contributed by atoms with Crippen LogP contribution in [0.2, 0.25) is 0 Å². The van der Waals surface area contributed by atoms with Crippen molar-refractivity contribution in [2.75, 3.05) is 21.3 Å². The van der Waals surface area contributed by atoms with Crippen LogP contribution in [0.1, 0.15) is 10.6 Å². The summed E-state index contributed by atoms with van der Waals surface area (Å²) in [5, 5.41) is 12.8. The van der Waals surface area contributed by atoms with Crippen molar-refractivity contribution < 1.29 is 24.1 Å². The number of carbonyl (C=O) groups is 1. The van der Waals surface area contributed by atoms with Crippen LogP contribution in [0, 0.1) is 0 Å². The maximum Gasteiger partial charge on any atom is 0.375 e. The number of carboxylic acids is 1. The smallest absolute Gasteiger partial charge is 0.375 e. The number of aromatic nitrogens is 3. The molecule has 0 atom stereocenters. The van der Waals surface area contributed by atoms with Gasteiger partial charge in [0.15, 0.2) is 17.3 Å². The van der Waals surface area contributed by atoms with Crippen LogP contribution < -0.4 is 14.2 Å². The third-order valence-electron chi connectivity index (χ3n) is 2.90. The summed E-state index contributed by atoms with van der Waals surface area (Å²) in [5.74, 6) is 0.159. The van der Waals surface area contributed by atoms with Gasteiger partial charge in [-0.25, -0.2) is 14.5 Å². The first-order valence-corrected chi connectivity index (χ1v) is 5.97. The molecule has 0 unspecified atom stereocenters. The Morgan fingerprint density at radius 1 is 1.14 bits per heavy atom. The van der Waals surface area contributed by atoms with Gasteiger partial charge in [0.05, 0.1) is 26.9 Å². The van der Waals surface area contributed by atoms with Crippen molar-refractivity contribution in [2.24, 2.45) is 7.05 Å². The van der Waals surface area contributed by atoms with Gasteiger partial charge in [-0.15, -0.1) is 5.10 Å². The summed E-state index contributed by atoms with van der Waals surface area (Å²) in [6, 6.07) is 3.39. The van der Waals surface area contributed by atoms with Gasteiger partial charge >= 0.3 is 5.97 Å². The molecule has 2 rings (SSSR count). The molecule has 112 valence electrons. The lowest BCUT2D eigenvalue weighted by atomic mass is 10.1. The molecule has 0 amide bonds. The second-order valence-electron chi connectivity index (χ2n) is 4.07. The van der Waals surface area contributed by atoms with Gasteiger partial charge in [0, 0.05) is 7.05 Å². The van der Waals surface area contributed by atoms with Gasteiger partial charge in [-0.1, -0.05) is 0 Å². The second-order valence-corrected chi connectivity index (χ2v) is 4.07. The highest BCUT2D eigenvalue weighted by Crippen LogP contribution is 2.43. The number of rotatable bonds is 5. The molecule has 8 heteroatoms. The molecular weight excluding hydrogens is 278 g/mol. The van der Waals surface area contributed by atoms with Crippen LogP contribution in [-0.4, -0.2) is 47.2 Å². The molecule has 1 N–H and O–H groups in total. The zero-order valence-corrected chi connectivity index (χ0v) is 12.1. The Morgan fingerprint density at radius 2 is 1.81 bits per heavy atom. The van der Waals surface area contributed by atoms with E-state index in [4.69, 9.17) is 19.3 Å². The zero-order valence-electron chi connectivity index (χ0n) is 12.1. The number of aromatic carboxylic acids is 1. The van der Waals surface area contributed by atoms with Crippen molar-refractivity contribution in [3.05, 3.63) is 18.0 Å². The topological polar surface area (TPSA) is 95.7 Å². The highest BCUT2D eigenvalue weighted by molar-refractivity contribution is 5.84. The third kappa shape index (κ3) is 2.47. The largest absolute Gasteiger partial charge is 0.493 e. The van der Waals surface area contributed by atoms with Crippen molar-refractivity contribution in [3.8, 4) is 28.6 Å². The van der Waals surface area contributed by atoms with Gasteiger partial charge in [0.2, 0.25) is 5.75 Å². The number of nitrogens with zero attached hydrogens (tertiary/aromatic N) is 3. The molecule has 1 aromatic heterocycles. The molecule has 1 aromatic carbocycles. The zero-order chi connectivity index (χ0) is 15.6. The number of hydrogen-bond donors (Lipinski definition) is 1. The lowest BCUT2D eigenvalue weighted by Gasteiger charge is -2.15. The molecule has 0 aliphatic carbocycles. The maximum absolute atomic E-state index is 11.0. The lowest BCUT2D eigenvalue weighted by molar-refractivity contribution is 0.0683. The highest BCUT2D eigenvalue weighted by Gasteiger charge is 2.22. The van der Waals surface area contributed by atoms with Crippen molar-refractivity contribution in [1.29, 1.82) is 0 Å². The number of benzene rings is 1. The minimum Gasteiger partial charge on any atom is -0.493 e. The van der Waals surface area contributed by atoms with Crippen LogP contribution >= 0.6 is 0 Å². The van der Waals surface area contributed by atoms with E-state index in [0.717, 1.165) is 0 Å². The first kappa shape index (κ1) is 14.6. The summed E-state index contributed by atoms with van der Waals surface area (Å²) in [7, 11) is 6.09. The van der Waals surface area contributed by atoms with E-state index in [0.29, 0.717) is 28.6 Å². The first-order valence-electron chi connectivity index (χ1n) is 5.97. The van der Waals surface area contributed by atoms with E-state index >= 15 is 0 Å². The minimum absolute atomic E-state index is 0.288. The van der Waals surface area contributed by atoms with Crippen molar-refractivity contribution >= 4 is 5.97 Å². The summed E-state index contributed by atoms with van der Waals surface area (Å²) in [4.78, 5) is 15.0. The molecule has 0 radical (unpaired) electrons. The van der Waals surface area contributed by atoms with Crippen LogP contribution in [0.4, 0.5) is 0 Å². The lowest BCUT2D eigenvalue weighted by Crippen LogP contribution is -2.00. The van der Waals surface area contributed by atoms with Crippen LogP contribution in [-0.2, 0) is 7.05 Å². The van der Waals surface area contributed by atoms with Gasteiger partial charge in [-0.3, -0.25) is 0 Å². The molecule has 2 aromatic rings. The van der Waals surface area contributed by atoms with Crippen molar-refractivity contribution in [1.82, 2.24) is 14.8 Å². The van der Waals surface area contributed by atoms with Crippen LogP contribution in [0.15, 0.2) is 12.1 Å². The Balaban J connectivity index is 2.66. The second kappa shape index (κ2) is 5.70. The van der Waals surface area contributed by atoms with E-state index in [1.807, 2.05) is 0 Å². The molecule has 0 aliphatic heterocycles. The Labute approximate surface area is 120 Å². The minimum atomic E-state index is -1.20. The average Bonchev–Trinajstić information content (AvgIpc) is 2.87. The van der Waals surface area contributed by atoms with Crippen molar-refractivity contribution in [2.45, 2.75) is 0 Å². The quantitative estimate of drug-likeness (QED) is 0.885. The number of methoxy groups -OCH3 is 3. The Bertz CT molecular complexity index is 681. The molecule has 8 nitrogen and oxygen atoms in total. The Morgan fingerprint density at radius 3 is 2.29 bits per heavy atom. The number of ether oxygens (including phenoxy) is 3. The summed E-state index contributed by atoms with van der Waals surface area (Å²) in [5.41, 5.74) is 0.553. The van der Waals surface area contributed by atoms with E-state index in [1.54, 1.807) is 19.2 Å². The van der Waals surface area contributed by atoms with Gasteiger partial charge in [0.1, 0.15) is 0 Å². The molecule has 0 spiro atoms. The van der Waals surface area contributed by atoms with E-state index in [-0.39, 0.29) is 5.82 Å². The molecular formula is C13H15N3O5. The van der Waals surface area contributed by atoms with Crippen LogP contribution in [0.25, 0.3) is 11.4 Å². The average molecular weight is 293 g/mol. The molecule has 1 heterocycles. The Kier molecular flexibility index (Phi) is 3.97. The number of hydrogen-bond acceptors (Lipinski definition) is 6. The summed E-state index contributed by atoms with van der Waals surface area (Å²) in [6.07, 6.45) is 0.